The molecule has 0 saturated carbocycles. The predicted octanol–water partition coefficient (Wildman–Crippen LogP) is 4.32. The SMILES string of the molecule is CCOc1cc(F)ccc1NC1CCc2ccccc21. The minimum Gasteiger partial charge on any atom is -0.492 e. The highest BCUT2D eigenvalue weighted by atomic mass is 19.1. The maximum atomic E-state index is 13.3. The Morgan fingerprint density at radius 1 is 1.25 bits per heavy atom. The van der Waals surface area contributed by atoms with Crippen LogP contribution < -0.4 is 10.1 Å². The summed E-state index contributed by atoms with van der Waals surface area (Å²) >= 11 is 0. The quantitative estimate of drug-likeness (QED) is 0.894. The van der Waals surface area contributed by atoms with Gasteiger partial charge in [0.15, 0.2) is 0 Å². The van der Waals surface area contributed by atoms with Gasteiger partial charge in [0.05, 0.1) is 18.3 Å². The summed E-state index contributed by atoms with van der Waals surface area (Å²) in [4.78, 5) is 0. The van der Waals surface area contributed by atoms with Crippen LogP contribution in [0.1, 0.15) is 30.5 Å². The van der Waals surface area contributed by atoms with Gasteiger partial charge in [-0.1, -0.05) is 24.3 Å². The van der Waals surface area contributed by atoms with E-state index in [-0.39, 0.29) is 11.9 Å². The number of benzene rings is 2. The zero-order valence-electron chi connectivity index (χ0n) is 11.5. The molecule has 2 nitrogen and oxygen atoms in total. The Morgan fingerprint density at radius 3 is 2.95 bits per heavy atom. The smallest absolute Gasteiger partial charge is 0.145 e. The summed E-state index contributed by atoms with van der Waals surface area (Å²) < 4.78 is 18.8. The molecule has 0 bridgehead atoms. The number of halogens is 1. The minimum absolute atomic E-state index is 0.272. The van der Waals surface area contributed by atoms with Gasteiger partial charge in [-0.25, -0.2) is 4.39 Å². The van der Waals surface area contributed by atoms with Crippen molar-refractivity contribution in [2.75, 3.05) is 11.9 Å². The molecule has 104 valence electrons. The van der Waals surface area contributed by atoms with Gasteiger partial charge in [0, 0.05) is 6.07 Å². The number of rotatable bonds is 4. The van der Waals surface area contributed by atoms with Gasteiger partial charge >= 0.3 is 0 Å². The second kappa shape index (κ2) is 5.53. The van der Waals surface area contributed by atoms with Crippen LogP contribution in [0, 0.1) is 5.82 Å². The molecule has 2 aromatic carbocycles. The molecule has 3 heteroatoms. The maximum Gasteiger partial charge on any atom is 0.145 e. The average Bonchev–Trinajstić information content (AvgIpc) is 2.86. The highest BCUT2D eigenvalue weighted by Gasteiger charge is 2.22. The van der Waals surface area contributed by atoms with Gasteiger partial charge in [-0.15, -0.1) is 0 Å². The van der Waals surface area contributed by atoms with Crippen molar-refractivity contribution in [1.82, 2.24) is 0 Å². The Labute approximate surface area is 118 Å². The van der Waals surface area contributed by atoms with Crippen molar-refractivity contribution < 1.29 is 9.13 Å². The van der Waals surface area contributed by atoms with Crippen LogP contribution in [0.2, 0.25) is 0 Å². The van der Waals surface area contributed by atoms with Gasteiger partial charge in [-0.3, -0.25) is 0 Å². The van der Waals surface area contributed by atoms with E-state index in [1.807, 2.05) is 6.92 Å². The lowest BCUT2D eigenvalue weighted by Crippen LogP contribution is -2.08. The maximum absolute atomic E-state index is 13.3. The molecule has 3 rings (SSSR count). The van der Waals surface area contributed by atoms with E-state index in [0.717, 1.165) is 18.5 Å². The van der Waals surface area contributed by atoms with Crippen LogP contribution in [0.4, 0.5) is 10.1 Å². The number of aryl methyl sites for hydroxylation is 1. The fourth-order valence-electron chi connectivity index (χ4n) is 2.79. The fraction of sp³-hybridized carbons (Fsp3) is 0.294. The van der Waals surface area contributed by atoms with Crippen molar-refractivity contribution in [3.05, 3.63) is 59.4 Å². The number of anilines is 1. The predicted molar refractivity (Wildman–Crippen MR) is 78.7 cm³/mol. The third-order valence-electron chi connectivity index (χ3n) is 3.71. The molecule has 0 saturated heterocycles. The molecule has 0 heterocycles. The molecule has 0 fully saturated rings. The van der Waals surface area contributed by atoms with Crippen LogP contribution in [-0.2, 0) is 6.42 Å². The molecule has 2 aromatic rings. The number of hydrogen-bond acceptors (Lipinski definition) is 2. The topological polar surface area (TPSA) is 21.3 Å². The Morgan fingerprint density at radius 2 is 2.10 bits per heavy atom. The first-order chi connectivity index (χ1) is 9.78. The van der Waals surface area contributed by atoms with Gasteiger partial charge in [-0.05, 0) is 43.0 Å². The summed E-state index contributed by atoms with van der Waals surface area (Å²) in [6.45, 7) is 2.43. The normalized spacial score (nSPS) is 16.8. The summed E-state index contributed by atoms with van der Waals surface area (Å²) in [5, 5.41) is 3.49. The van der Waals surface area contributed by atoms with Gasteiger partial charge in [0.25, 0.3) is 0 Å². The third kappa shape index (κ3) is 2.48. The molecule has 0 amide bonds. The van der Waals surface area contributed by atoms with Crippen molar-refractivity contribution in [1.29, 1.82) is 0 Å². The molecule has 20 heavy (non-hydrogen) atoms. The number of ether oxygens (including phenoxy) is 1. The molecule has 1 aliphatic rings. The highest BCUT2D eigenvalue weighted by Crippen LogP contribution is 2.36. The van der Waals surface area contributed by atoms with Gasteiger partial charge in [-0.2, -0.15) is 0 Å². The first kappa shape index (κ1) is 13.0. The third-order valence-corrected chi connectivity index (χ3v) is 3.71. The van der Waals surface area contributed by atoms with E-state index in [2.05, 4.69) is 29.6 Å². The summed E-state index contributed by atoms with van der Waals surface area (Å²) in [5.74, 6) is 0.308. The van der Waals surface area contributed by atoms with Crippen molar-refractivity contribution in [2.45, 2.75) is 25.8 Å². The van der Waals surface area contributed by atoms with E-state index in [1.54, 1.807) is 6.07 Å². The molecule has 1 unspecified atom stereocenters. The van der Waals surface area contributed by atoms with E-state index >= 15 is 0 Å². The lowest BCUT2D eigenvalue weighted by atomic mass is 10.1. The van der Waals surface area contributed by atoms with Crippen LogP contribution in [0.5, 0.6) is 5.75 Å². The zero-order valence-corrected chi connectivity index (χ0v) is 11.5. The summed E-state index contributed by atoms with van der Waals surface area (Å²) in [6, 6.07) is 13.4. The fourth-order valence-corrected chi connectivity index (χ4v) is 2.79. The molecule has 1 aliphatic carbocycles. The van der Waals surface area contributed by atoms with E-state index in [9.17, 15) is 4.39 Å². The van der Waals surface area contributed by atoms with Crippen LogP contribution in [0.25, 0.3) is 0 Å². The summed E-state index contributed by atoms with van der Waals surface area (Å²) in [5.41, 5.74) is 3.58. The zero-order chi connectivity index (χ0) is 13.9. The van der Waals surface area contributed by atoms with Gasteiger partial charge < -0.3 is 10.1 Å². The standard InChI is InChI=1S/C17H18FNO/c1-2-20-17-11-13(18)8-10-16(17)19-15-9-7-12-5-3-4-6-14(12)15/h3-6,8,10-11,15,19H,2,7,9H2,1H3. The Balaban J connectivity index is 1.85. The second-order valence-electron chi connectivity index (χ2n) is 5.01. The van der Waals surface area contributed by atoms with E-state index in [0.29, 0.717) is 12.4 Å². The van der Waals surface area contributed by atoms with E-state index < -0.39 is 0 Å². The minimum atomic E-state index is -0.272. The van der Waals surface area contributed by atoms with Crippen molar-refractivity contribution in [3.8, 4) is 5.75 Å². The first-order valence-corrected chi connectivity index (χ1v) is 7.04. The lowest BCUT2D eigenvalue weighted by molar-refractivity contribution is 0.339. The Kier molecular flexibility index (Phi) is 3.59. The van der Waals surface area contributed by atoms with Gasteiger partial charge in [0.2, 0.25) is 0 Å². The first-order valence-electron chi connectivity index (χ1n) is 7.04. The largest absolute Gasteiger partial charge is 0.492 e. The average molecular weight is 271 g/mol. The second-order valence-corrected chi connectivity index (χ2v) is 5.01. The molecular formula is C17H18FNO. The number of fused-ring (bicyclic) bond motifs is 1. The highest BCUT2D eigenvalue weighted by molar-refractivity contribution is 5.58. The molecular weight excluding hydrogens is 253 g/mol. The van der Waals surface area contributed by atoms with Crippen molar-refractivity contribution >= 4 is 5.69 Å². The molecule has 0 aromatic heterocycles. The Hall–Kier alpha value is -2.03. The lowest BCUT2D eigenvalue weighted by Gasteiger charge is -2.18. The Bertz CT molecular complexity index is 612. The molecule has 0 aliphatic heterocycles. The molecule has 1 N–H and O–H groups in total. The number of nitrogens with one attached hydrogen (secondary N) is 1. The molecule has 1 atom stereocenters. The van der Waals surface area contributed by atoms with Crippen LogP contribution >= 0.6 is 0 Å². The molecule has 0 spiro atoms. The van der Waals surface area contributed by atoms with Crippen LogP contribution in [-0.4, -0.2) is 6.61 Å². The monoisotopic (exact) mass is 271 g/mol. The summed E-state index contributed by atoms with van der Waals surface area (Å²) in [7, 11) is 0. The van der Waals surface area contributed by atoms with E-state index in [4.69, 9.17) is 4.74 Å². The molecule has 0 radical (unpaired) electrons. The van der Waals surface area contributed by atoms with Gasteiger partial charge in [0.1, 0.15) is 11.6 Å². The van der Waals surface area contributed by atoms with Crippen LogP contribution in [0.15, 0.2) is 42.5 Å². The van der Waals surface area contributed by atoms with E-state index in [1.165, 1.54) is 23.3 Å². The van der Waals surface area contributed by atoms with Crippen molar-refractivity contribution in [2.24, 2.45) is 0 Å². The number of hydrogen-bond donors (Lipinski definition) is 1. The van der Waals surface area contributed by atoms with Crippen LogP contribution in [0.3, 0.4) is 0 Å². The van der Waals surface area contributed by atoms with Crippen molar-refractivity contribution in [3.63, 3.8) is 0 Å². The summed E-state index contributed by atoms with van der Waals surface area (Å²) in [6.07, 6.45) is 2.14.